The Balaban J connectivity index is 0.000000215. The van der Waals surface area contributed by atoms with Crippen LogP contribution in [0.2, 0.25) is 0 Å². The summed E-state index contributed by atoms with van der Waals surface area (Å²) in [6.45, 7) is 14.2. The lowest BCUT2D eigenvalue weighted by Gasteiger charge is -2.44. The highest BCUT2D eigenvalue weighted by atomic mass is 16.8. The minimum atomic E-state index is -1.30. The molecule has 4 aliphatic rings. The maximum Gasteiger partial charge on any atom is 0.510 e. The van der Waals surface area contributed by atoms with Gasteiger partial charge >= 0.3 is 6.16 Å². The molecule has 0 bridgehead atoms. The van der Waals surface area contributed by atoms with Gasteiger partial charge in [-0.25, -0.2) is 4.79 Å². The van der Waals surface area contributed by atoms with E-state index in [-0.39, 0.29) is 63.5 Å². The van der Waals surface area contributed by atoms with Gasteiger partial charge in [-0.05, 0) is 94.5 Å². The van der Waals surface area contributed by atoms with Crippen LogP contribution in [0.15, 0.2) is 193 Å². The van der Waals surface area contributed by atoms with Crippen molar-refractivity contribution in [2.45, 2.75) is 144 Å². The highest BCUT2D eigenvalue weighted by molar-refractivity contribution is 5.97. The predicted octanol–water partition coefficient (Wildman–Crippen LogP) is 11.1. The third-order valence-corrected chi connectivity index (χ3v) is 16.9. The first-order valence-electron chi connectivity index (χ1n) is 32.2. The monoisotopic (exact) mass is 1330 g/mol. The summed E-state index contributed by atoms with van der Waals surface area (Å²) in [5.74, 6) is 1.12. The molecule has 3 heterocycles. The summed E-state index contributed by atoms with van der Waals surface area (Å²) < 4.78 is 68.8. The summed E-state index contributed by atoms with van der Waals surface area (Å²) in [5, 5.41) is 43.0. The van der Waals surface area contributed by atoms with Gasteiger partial charge in [-0.3, -0.25) is 10.1 Å². The molecule has 97 heavy (non-hydrogen) atoms. The van der Waals surface area contributed by atoms with Crippen LogP contribution in [0.5, 0.6) is 11.5 Å². The summed E-state index contributed by atoms with van der Waals surface area (Å²) in [6.07, 6.45) is -6.14. The highest BCUT2D eigenvalue weighted by Crippen LogP contribution is 2.45. The van der Waals surface area contributed by atoms with Gasteiger partial charge in [-0.1, -0.05) is 163 Å². The number of ketones is 1. The summed E-state index contributed by atoms with van der Waals surface area (Å²) >= 11 is 0. The van der Waals surface area contributed by atoms with E-state index in [4.69, 9.17) is 67.9 Å². The molecule has 6 aromatic rings. The largest absolute Gasteiger partial charge is 0.510 e. The second-order valence-corrected chi connectivity index (χ2v) is 23.3. The molecule has 1 aliphatic carbocycles. The molecule has 0 spiro atoms. The summed E-state index contributed by atoms with van der Waals surface area (Å²) in [4.78, 5) is 32.1. The molecule has 15 atom stereocenters. The van der Waals surface area contributed by atoms with E-state index in [0.29, 0.717) is 31.8 Å². The van der Waals surface area contributed by atoms with Gasteiger partial charge in [0.15, 0.2) is 5.78 Å². The number of carbonyl (C=O) groups is 2. The van der Waals surface area contributed by atoms with Gasteiger partial charge in [-0.2, -0.15) is 0 Å². The molecule has 0 radical (unpaired) electrons. The molecule has 15 unspecified atom stereocenters. The molecule has 3 fully saturated rings. The Morgan fingerprint density at radius 2 is 1.02 bits per heavy atom. The number of hydrogen-bond acceptors (Lipinski definition) is 20. The van der Waals surface area contributed by atoms with Gasteiger partial charge in [0.2, 0.25) is 6.29 Å². The number of nitrogens with one attached hydrogen (secondary N) is 1. The van der Waals surface area contributed by atoms with Crippen molar-refractivity contribution in [1.82, 2.24) is 5.32 Å². The van der Waals surface area contributed by atoms with E-state index in [1.165, 1.54) is 0 Å². The van der Waals surface area contributed by atoms with Crippen LogP contribution < -0.4 is 14.8 Å². The molecular formula is C73H87N7O17. The number of benzene rings is 6. The van der Waals surface area contributed by atoms with Gasteiger partial charge in [0.05, 0.1) is 116 Å². The summed E-state index contributed by atoms with van der Waals surface area (Å²) in [7, 11) is 3.22. The number of aliphatic hydroxyl groups excluding tert-OH is 3. The molecule has 0 saturated carbocycles. The maximum atomic E-state index is 13.4. The average Bonchev–Trinajstić information content (AvgIpc) is 1.63. The number of methoxy groups -OCH3 is 2. The van der Waals surface area contributed by atoms with E-state index in [0.717, 1.165) is 50.4 Å². The zero-order valence-electron chi connectivity index (χ0n) is 55.1. The number of hydrogen-bond donors (Lipinski definition) is 4. The first kappa shape index (κ1) is 74.3. The van der Waals surface area contributed by atoms with Crippen LogP contribution in [-0.2, 0) is 67.2 Å². The third-order valence-electron chi connectivity index (χ3n) is 16.9. The van der Waals surface area contributed by atoms with Crippen LogP contribution in [0.25, 0.3) is 32.0 Å². The number of carbonyl (C=O) groups excluding carboxylic acids is 2. The van der Waals surface area contributed by atoms with E-state index >= 15 is 0 Å². The topological polar surface area (TPSA) is 315 Å². The zero-order chi connectivity index (χ0) is 69.1. The molecular weight excluding hydrogens is 1250 g/mol. The second-order valence-electron chi connectivity index (χ2n) is 23.3. The van der Waals surface area contributed by atoms with Crippen molar-refractivity contribution in [2.75, 3.05) is 53.8 Å². The van der Waals surface area contributed by atoms with E-state index in [1.54, 1.807) is 57.6 Å². The van der Waals surface area contributed by atoms with Crippen molar-refractivity contribution in [3.63, 3.8) is 0 Å². The molecule has 24 nitrogen and oxygen atoms in total. The Kier molecular flexibility index (Phi) is 29.4. The van der Waals surface area contributed by atoms with Crippen LogP contribution in [0, 0.1) is 0 Å². The van der Waals surface area contributed by atoms with Crippen molar-refractivity contribution in [2.24, 2.45) is 10.2 Å². The molecule has 10 rings (SSSR count). The SMILES string of the molecule is C=CCOC1C(O)C(CC)OC(C)C1N=[N+]=[N-].C=CCOC1C(O)C(COCc2ccc(OC)cc2)OC(OC(=O)OCC2c3ccccc3-c3ccccc32)C1NCC(=O)c1ccccc1.COc1ccc(COCC2OC(C)C(N=[N+]=[N-])C(OCc3ccccc3)C2O)cc1. The molecule has 0 amide bonds. The van der Waals surface area contributed by atoms with Gasteiger partial charge in [0.1, 0.15) is 54.7 Å². The van der Waals surface area contributed by atoms with Gasteiger partial charge < -0.3 is 72.2 Å². The lowest BCUT2D eigenvalue weighted by atomic mass is 9.92. The fraction of sp³-hybridized carbons (Fsp3) is 0.425. The molecule has 0 aromatic heterocycles. The van der Waals surface area contributed by atoms with Gasteiger partial charge in [-0.15, -0.1) is 13.2 Å². The molecule has 516 valence electrons. The van der Waals surface area contributed by atoms with E-state index in [1.807, 2.05) is 135 Å². The van der Waals surface area contributed by atoms with Gasteiger partial charge in [0.25, 0.3) is 0 Å². The van der Waals surface area contributed by atoms with Crippen LogP contribution in [0.1, 0.15) is 71.3 Å². The molecule has 6 aromatic carbocycles. The van der Waals surface area contributed by atoms with E-state index < -0.39 is 85.5 Å². The number of aliphatic hydroxyl groups is 3. The highest BCUT2D eigenvalue weighted by Gasteiger charge is 2.49. The van der Waals surface area contributed by atoms with Crippen LogP contribution in [-0.4, -0.2) is 173 Å². The number of rotatable bonds is 29. The number of fused-ring (bicyclic) bond motifs is 3. The Morgan fingerprint density at radius 1 is 0.567 bits per heavy atom. The Bertz CT molecular complexity index is 3470. The van der Waals surface area contributed by atoms with E-state index in [9.17, 15) is 24.9 Å². The normalized spacial score (nSPS) is 25.5. The average molecular weight is 1330 g/mol. The lowest BCUT2D eigenvalue weighted by molar-refractivity contribution is -0.266. The van der Waals surface area contributed by atoms with Crippen LogP contribution in [0.3, 0.4) is 0 Å². The maximum absolute atomic E-state index is 13.4. The zero-order valence-corrected chi connectivity index (χ0v) is 55.1. The van der Waals surface area contributed by atoms with Gasteiger partial charge in [0, 0.05) is 21.3 Å². The fourth-order valence-electron chi connectivity index (χ4n) is 11.9. The minimum absolute atomic E-state index is 0.0393. The number of azide groups is 2. The fourth-order valence-corrected chi connectivity index (χ4v) is 11.9. The van der Waals surface area contributed by atoms with Crippen LogP contribution in [0.4, 0.5) is 4.79 Å². The molecule has 4 N–H and O–H groups in total. The smallest absolute Gasteiger partial charge is 0.497 e. The number of Topliss-reactive ketones (excluding diaryl/α,β-unsaturated/α-hetero) is 1. The van der Waals surface area contributed by atoms with E-state index in [2.05, 4.69) is 50.7 Å². The summed E-state index contributed by atoms with van der Waals surface area (Å²) in [6, 6.07) is 47.4. The third kappa shape index (κ3) is 20.5. The van der Waals surface area contributed by atoms with Crippen molar-refractivity contribution in [3.05, 3.63) is 237 Å². The Hall–Kier alpha value is -8.52. The lowest BCUT2D eigenvalue weighted by Crippen LogP contribution is -2.65. The molecule has 24 heteroatoms. The number of ether oxygens (including phenoxy) is 12. The van der Waals surface area contributed by atoms with Crippen molar-refractivity contribution in [1.29, 1.82) is 0 Å². The second kappa shape index (κ2) is 38.4. The molecule has 3 saturated heterocycles. The van der Waals surface area contributed by atoms with Crippen molar-refractivity contribution in [3.8, 4) is 22.6 Å². The predicted molar refractivity (Wildman–Crippen MR) is 360 cm³/mol. The Labute approximate surface area is 565 Å². The standard InChI is InChI=1S/C40H41NO9.C22H27N3O5.C11H19N3O3/c1-3-21-47-38-36(41-22-34(42)27-11-5-4-6-12-27)39(49-35(37(38)43)25-46-23-26-17-19-28(45-2)20-18-26)50-40(44)48-24-33-31-15-9-7-13-29(31)30-14-8-10-16-32(30)33;1-15-20(24-25-23)22(29-13-16-6-4-3-5-7-16)21(26)19(30-15)14-28-12-17-8-10-18(27-2)11-9-17;1-4-6-16-11-9(13-14-12)7(3)17-8(5-2)10(11)15/h3-20,33,35-39,41,43H,1,21-25H2,2H3;3-11,15,19-22,26H,12-14H2,1-2H3;4,7-11,15H,1,5-6H2,2-3H3. The molecule has 3 aliphatic heterocycles. The van der Waals surface area contributed by atoms with Crippen molar-refractivity contribution < 1.29 is 81.8 Å². The van der Waals surface area contributed by atoms with Crippen LogP contribution >= 0.6 is 0 Å². The van der Waals surface area contributed by atoms with Crippen molar-refractivity contribution >= 4 is 11.9 Å². The first-order chi connectivity index (χ1) is 47.2. The Morgan fingerprint density at radius 3 is 1.54 bits per heavy atom. The quantitative estimate of drug-likeness (QED) is 0.00847. The summed E-state index contributed by atoms with van der Waals surface area (Å²) in [5.41, 5.74) is 25.1. The first-order valence-corrected chi connectivity index (χ1v) is 32.2. The number of nitrogens with zero attached hydrogens (tertiary/aromatic N) is 6. The minimum Gasteiger partial charge on any atom is -0.497 e.